The molecule has 2 N–H and O–H groups in total. The van der Waals surface area contributed by atoms with Crippen molar-refractivity contribution in [3.05, 3.63) is 41.5 Å². The Balaban J connectivity index is 2.12. The van der Waals surface area contributed by atoms with E-state index in [0.29, 0.717) is 0 Å². The smallest absolute Gasteiger partial charge is 0.250 e. The van der Waals surface area contributed by atoms with Crippen LogP contribution in [0.25, 0.3) is 16.7 Å². The molecule has 2 aromatic heterocycles. The summed E-state index contributed by atoms with van der Waals surface area (Å²) < 4.78 is 2.14. The molecule has 2 heterocycles. The number of anilines is 1. The summed E-state index contributed by atoms with van der Waals surface area (Å²) in [6.07, 6.45) is 0. The van der Waals surface area contributed by atoms with Gasteiger partial charge >= 0.3 is 0 Å². The molecule has 26 heavy (non-hydrogen) atoms. The minimum atomic E-state index is 0.282. The lowest BCUT2D eigenvalue weighted by Gasteiger charge is -2.17. The van der Waals surface area contributed by atoms with Gasteiger partial charge in [0.05, 0.1) is 6.54 Å². The normalized spacial score (nSPS) is 11.6. The zero-order valence-corrected chi connectivity index (χ0v) is 16.1. The Hall–Kier alpha value is -2.58. The van der Waals surface area contributed by atoms with Crippen molar-refractivity contribution in [3.8, 4) is 6.07 Å². The van der Waals surface area contributed by atoms with Gasteiger partial charge in [0.1, 0.15) is 22.7 Å². The van der Waals surface area contributed by atoms with Crippen molar-refractivity contribution in [3.63, 3.8) is 0 Å². The molecule has 0 fully saturated rings. The number of benzene rings is 1. The van der Waals surface area contributed by atoms with Crippen LogP contribution in [0.2, 0.25) is 0 Å². The first kappa shape index (κ1) is 18.2. The fourth-order valence-electron chi connectivity index (χ4n) is 3.51. The van der Waals surface area contributed by atoms with Crippen molar-refractivity contribution >= 4 is 22.5 Å². The van der Waals surface area contributed by atoms with Gasteiger partial charge < -0.3 is 10.2 Å². The van der Waals surface area contributed by atoms with Crippen LogP contribution in [0.15, 0.2) is 30.3 Å². The van der Waals surface area contributed by atoms with Crippen molar-refractivity contribution in [2.75, 3.05) is 31.5 Å². The van der Waals surface area contributed by atoms with Crippen molar-refractivity contribution in [1.29, 1.82) is 5.26 Å². The number of likely N-dealkylation sites (N-methyl/N-ethyl adjacent to an activating group) is 1. The van der Waals surface area contributed by atoms with E-state index in [1.54, 1.807) is 0 Å². The number of nitrogens with one attached hydrogen (secondary N) is 2. The number of fused-ring (bicyclic) bond motifs is 3. The zero-order valence-electron chi connectivity index (χ0n) is 16.1. The number of hydrogen-bond donors (Lipinski definition) is 2. The second-order valence-corrected chi connectivity index (χ2v) is 6.91. The van der Waals surface area contributed by atoms with Crippen LogP contribution in [0.1, 0.15) is 44.7 Å². The fourth-order valence-corrected chi connectivity index (χ4v) is 3.51. The van der Waals surface area contributed by atoms with E-state index in [0.717, 1.165) is 59.8 Å². The van der Waals surface area contributed by atoms with Crippen molar-refractivity contribution in [2.45, 2.75) is 33.6 Å². The maximum Gasteiger partial charge on any atom is 0.250 e. The number of imidazole rings is 1. The molecule has 3 aromatic rings. The number of nitrogens with zero attached hydrogens (tertiary/aromatic N) is 3. The number of para-hydroxylation sites is 2. The molecule has 0 spiro atoms. The minimum Gasteiger partial charge on any atom is -0.304 e. The molecule has 0 aliphatic carbocycles. The van der Waals surface area contributed by atoms with Crippen molar-refractivity contribution < 1.29 is 4.40 Å². The maximum absolute atomic E-state index is 9.78. The van der Waals surface area contributed by atoms with Crippen LogP contribution in [-0.4, -0.2) is 36.1 Å². The van der Waals surface area contributed by atoms with Gasteiger partial charge in [-0.05, 0) is 36.7 Å². The molecule has 0 aliphatic rings. The predicted molar refractivity (Wildman–Crippen MR) is 107 cm³/mol. The summed E-state index contributed by atoms with van der Waals surface area (Å²) in [6, 6.07) is 12.7. The van der Waals surface area contributed by atoms with E-state index in [1.165, 1.54) is 0 Å². The van der Waals surface area contributed by atoms with Gasteiger partial charge in [0, 0.05) is 12.6 Å². The lowest BCUT2D eigenvalue weighted by molar-refractivity contribution is -0.465. The monoisotopic (exact) mass is 350 g/mol. The van der Waals surface area contributed by atoms with Crippen LogP contribution < -0.4 is 9.72 Å². The molecule has 0 atom stereocenters. The second-order valence-electron chi connectivity index (χ2n) is 6.91. The van der Waals surface area contributed by atoms with Gasteiger partial charge in [0.25, 0.3) is 0 Å². The van der Waals surface area contributed by atoms with Gasteiger partial charge in [-0.1, -0.05) is 39.8 Å². The Kier molecular flexibility index (Phi) is 5.43. The SMILES string of the molecule is CCN(CC)CCNc1cc(C(C)C)c(C#N)c2[nH]c3ccccc3[n+]12. The highest BCUT2D eigenvalue weighted by Gasteiger charge is 2.22. The highest BCUT2D eigenvalue weighted by molar-refractivity contribution is 5.77. The fraction of sp³-hybridized carbons (Fsp3) is 0.429. The van der Waals surface area contributed by atoms with Crippen LogP contribution in [0.3, 0.4) is 0 Å². The number of nitriles is 1. The summed E-state index contributed by atoms with van der Waals surface area (Å²) in [5.41, 5.74) is 4.79. The number of rotatable bonds is 7. The van der Waals surface area contributed by atoms with E-state index in [1.807, 2.05) is 12.1 Å². The van der Waals surface area contributed by atoms with E-state index in [-0.39, 0.29) is 5.92 Å². The second kappa shape index (κ2) is 7.76. The molecule has 0 amide bonds. The van der Waals surface area contributed by atoms with E-state index in [2.05, 4.69) is 71.6 Å². The molecular weight excluding hydrogens is 322 g/mol. The topological polar surface area (TPSA) is 59.0 Å². The average molecular weight is 350 g/mol. The largest absolute Gasteiger partial charge is 0.304 e. The number of H-pyrrole nitrogens is 1. The summed E-state index contributed by atoms with van der Waals surface area (Å²) in [4.78, 5) is 5.84. The Morgan fingerprint density at radius 1 is 1.23 bits per heavy atom. The Bertz CT molecular complexity index is 944. The van der Waals surface area contributed by atoms with Gasteiger partial charge in [-0.2, -0.15) is 9.66 Å². The van der Waals surface area contributed by atoms with Gasteiger partial charge in [-0.15, -0.1) is 0 Å². The van der Waals surface area contributed by atoms with Crippen LogP contribution in [0.5, 0.6) is 0 Å². The van der Waals surface area contributed by atoms with Crippen LogP contribution in [0, 0.1) is 11.3 Å². The Morgan fingerprint density at radius 2 is 1.96 bits per heavy atom. The van der Waals surface area contributed by atoms with Crippen molar-refractivity contribution in [1.82, 2.24) is 9.88 Å². The average Bonchev–Trinajstić information content (AvgIpc) is 3.04. The molecular formula is C21H28N5+. The molecule has 3 rings (SSSR count). The Labute approximate surface area is 155 Å². The third-order valence-electron chi connectivity index (χ3n) is 5.04. The Morgan fingerprint density at radius 3 is 2.62 bits per heavy atom. The van der Waals surface area contributed by atoms with E-state index >= 15 is 0 Å². The van der Waals surface area contributed by atoms with E-state index < -0.39 is 0 Å². The molecule has 0 radical (unpaired) electrons. The lowest BCUT2D eigenvalue weighted by atomic mass is 9.99. The summed E-state index contributed by atoms with van der Waals surface area (Å²) in [5, 5.41) is 13.4. The molecule has 5 nitrogen and oxygen atoms in total. The molecule has 0 unspecified atom stereocenters. The number of aromatic amines is 1. The number of pyridine rings is 1. The minimum absolute atomic E-state index is 0.282. The first-order valence-corrected chi connectivity index (χ1v) is 9.46. The van der Waals surface area contributed by atoms with Crippen LogP contribution in [-0.2, 0) is 0 Å². The summed E-state index contributed by atoms with van der Waals surface area (Å²) in [7, 11) is 0. The van der Waals surface area contributed by atoms with Crippen LogP contribution >= 0.6 is 0 Å². The summed E-state index contributed by atoms with van der Waals surface area (Å²) in [5.74, 6) is 1.32. The third-order valence-corrected chi connectivity index (χ3v) is 5.04. The summed E-state index contributed by atoms with van der Waals surface area (Å²) in [6.45, 7) is 12.6. The van der Waals surface area contributed by atoms with E-state index in [9.17, 15) is 5.26 Å². The number of aromatic nitrogens is 2. The highest BCUT2D eigenvalue weighted by atomic mass is 15.2. The quantitative estimate of drug-likeness (QED) is 0.640. The molecule has 0 bridgehead atoms. The standard InChI is InChI=1S/C21H27N5/c1-5-25(6-2)12-11-23-20-13-16(15(3)4)17(14-22)21-24-18-9-7-8-10-19(18)26(20)21/h7-10,13,15H,5-6,11-12H2,1-4H3,(H,23,24)/p+1. The zero-order chi connectivity index (χ0) is 18.7. The van der Waals surface area contributed by atoms with Gasteiger partial charge in [-0.25, -0.2) is 0 Å². The lowest BCUT2D eigenvalue weighted by Crippen LogP contribution is -2.33. The van der Waals surface area contributed by atoms with Gasteiger partial charge in [0.2, 0.25) is 11.5 Å². The molecule has 5 heteroatoms. The predicted octanol–water partition coefficient (Wildman–Crippen LogP) is 3.66. The third kappa shape index (κ3) is 3.25. The summed E-state index contributed by atoms with van der Waals surface area (Å²) >= 11 is 0. The van der Waals surface area contributed by atoms with E-state index in [4.69, 9.17) is 0 Å². The first-order chi connectivity index (χ1) is 12.6. The first-order valence-electron chi connectivity index (χ1n) is 9.46. The van der Waals surface area contributed by atoms with Crippen LogP contribution in [0.4, 0.5) is 5.82 Å². The molecule has 0 saturated carbocycles. The molecule has 0 saturated heterocycles. The number of hydrogen-bond acceptors (Lipinski definition) is 3. The van der Waals surface area contributed by atoms with Crippen molar-refractivity contribution in [2.24, 2.45) is 0 Å². The molecule has 0 aliphatic heterocycles. The van der Waals surface area contributed by atoms with Gasteiger partial charge in [-0.3, -0.25) is 4.98 Å². The maximum atomic E-state index is 9.78. The van der Waals surface area contributed by atoms with Gasteiger partial charge in [0.15, 0.2) is 0 Å². The molecule has 136 valence electrons. The molecule has 1 aromatic carbocycles. The highest BCUT2D eigenvalue weighted by Crippen LogP contribution is 2.25.